The van der Waals surface area contributed by atoms with Crippen LogP contribution in [0.4, 0.5) is 0 Å². The van der Waals surface area contributed by atoms with E-state index in [2.05, 4.69) is 6.07 Å². The Morgan fingerprint density at radius 2 is 2.05 bits per heavy atom. The molecule has 0 aliphatic heterocycles. The summed E-state index contributed by atoms with van der Waals surface area (Å²) in [6.45, 7) is 0.200. The fourth-order valence-corrected chi connectivity index (χ4v) is 2.62. The fraction of sp³-hybridized carbons (Fsp3) is 0.375. The van der Waals surface area contributed by atoms with Crippen molar-refractivity contribution in [1.82, 2.24) is 4.68 Å². The summed E-state index contributed by atoms with van der Waals surface area (Å²) in [6, 6.07) is 8.12. The average molecular weight is 272 g/mol. The van der Waals surface area contributed by atoms with Crippen LogP contribution in [0.15, 0.2) is 24.3 Å². The topological polar surface area (TPSA) is 45.5 Å². The monoisotopic (exact) mass is 272 g/mol. The summed E-state index contributed by atoms with van der Waals surface area (Å²) in [4.78, 5) is 10.9. The number of aromatic nitrogens is 1. The zero-order valence-corrected chi connectivity index (χ0v) is 12.0. The molecular formula is C16H20N2O2. The van der Waals surface area contributed by atoms with E-state index in [9.17, 15) is 4.79 Å². The Morgan fingerprint density at radius 1 is 1.30 bits per heavy atom. The molecule has 0 saturated carbocycles. The molecule has 0 aliphatic carbocycles. The zero-order chi connectivity index (χ0) is 14.5. The smallest absolute Gasteiger partial charge is 0.126 e. The first-order valence-corrected chi connectivity index (χ1v) is 6.82. The summed E-state index contributed by atoms with van der Waals surface area (Å²) in [6.07, 6.45) is 4.01. The molecule has 4 heteroatoms. The molecule has 0 unspecified atom stereocenters. The van der Waals surface area contributed by atoms with E-state index in [1.54, 1.807) is 0 Å². The van der Waals surface area contributed by atoms with E-state index in [1.807, 2.05) is 47.9 Å². The van der Waals surface area contributed by atoms with Crippen molar-refractivity contribution in [2.24, 2.45) is 0 Å². The number of carbonyl (C=O) groups excluding carboxylic acids is 1. The molecule has 0 atom stereocenters. The van der Waals surface area contributed by atoms with Crippen LogP contribution in [0, 0.1) is 0 Å². The van der Waals surface area contributed by atoms with Crippen LogP contribution in [-0.4, -0.2) is 36.4 Å². The molecule has 0 spiro atoms. The quantitative estimate of drug-likeness (QED) is 0.646. The average Bonchev–Trinajstić information content (AvgIpc) is 2.74. The van der Waals surface area contributed by atoms with Crippen molar-refractivity contribution in [3.63, 3.8) is 0 Å². The number of para-hydroxylation sites is 1. The third-order valence-corrected chi connectivity index (χ3v) is 3.43. The summed E-state index contributed by atoms with van der Waals surface area (Å²) in [5.41, 5.74) is 3.10. The number of unbranched alkanes of at least 4 members (excludes halogenated alkanes) is 1. The number of fused-ring (bicyclic) bond motifs is 1. The van der Waals surface area contributed by atoms with E-state index in [4.69, 9.17) is 5.11 Å². The van der Waals surface area contributed by atoms with Gasteiger partial charge in [-0.25, -0.2) is 4.79 Å². The van der Waals surface area contributed by atoms with Crippen molar-refractivity contribution in [3.8, 4) is 0 Å². The summed E-state index contributed by atoms with van der Waals surface area (Å²) in [7, 11) is 3.90. The number of aryl methyl sites for hydroxylation is 1. The van der Waals surface area contributed by atoms with E-state index in [0.717, 1.165) is 41.4 Å². The van der Waals surface area contributed by atoms with Crippen LogP contribution in [0.1, 0.15) is 24.1 Å². The van der Waals surface area contributed by atoms with Crippen LogP contribution in [-0.2, 0) is 11.2 Å². The lowest BCUT2D eigenvalue weighted by atomic mass is 10.0. The summed E-state index contributed by atoms with van der Waals surface area (Å²) in [5.74, 6) is 1.90. The van der Waals surface area contributed by atoms with Gasteiger partial charge in [0.25, 0.3) is 0 Å². The van der Waals surface area contributed by atoms with Crippen LogP contribution in [0.2, 0.25) is 0 Å². The molecule has 20 heavy (non-hydrogen) atoms. The SMILES string of the molecule is CN(C)n1c(C=C=O)c(CCCCO)c2ccccc21. The second-order valence-corrected chi connectivity index (χ2v) is 4.98. The van der Waals surface area contributed by atoms with Gasteiger partial charge in [-0.1, -0.05) is 18.2 Å². The van der Waals surface area contributed by atoms with Crippen molar-refractivity contribution >= 4 is 22.9 Å². The highest BCUT2D eigenvalue weighted by Crippen LogP contribution is 2.28. The van der Waals surface area contributed by atoms with Gasteiger partial charge in [-0.2, -0.15) is 0 Å². The molecule has 2 rings (SSSR count). The normalized spacial score (nSPS) is 10.6. The highest BCUT2D eigenvalue weighted by atomic mass is 16.2. The molecule has 106 valence electrons. The Labute approximate surface area is 118 Å². The molecule has 0 aliphatic rings. The standard InChI is InChI=1S/C16H20N2O2/c1-17(2)18-15-9-4-3-7-13(15)14(8-5-6-11-19)16(18)10-12-20/h3-4,7,9-10,19H,5-6,8,11H2,1-2H3. The minimum absolute atomic E-state index is 0.200. The largest absolute Gasteiger partial charge is 0.396 e. The predicted molar refractivity (Wildman–Crippen MR) is 82.2 cm³/mol. The molecular weight excluding hydrogens is 252 g/mol. The van der Waals surface area contributed by atoms with Crippen LogP contribution >= 0.6 is 0 Å². The number of rotatable bonds is 6. The highest BCUT2D eigenvalue weighted by Gasteiger charge is 2.16. The molecule has 1 aromatic carbocycles. The maximum absolute atomic E-state index is 10.9. The zero-order valence-electron chi connectivity index (χ0n) is 12.0. The minimum atomic E-state index is 0.200. The maximum Gasteiger partial charge on any atom is 0.126 e. The third kappa shape index (κ3) is 2.62. The van der Waals surface area contributed by atoms with Gasteiger partial charge in [-0.15, -0.1) is 0 Å². The Morgan fingerprint density at radius 3 is 2.70 bits per heavy atom. The first kappa shape index (κ1) is 14.4. The summed E-state index contributed by atoms with van der Waals surface area (Å²) >= 11 is 0. The molecule has 0 saturated heterocycles. The van der Waals surface area contributed by atoms with E-state index >= 15 is 0 Å². The Kier molecular flexibility index (Phi) is 4.61. The van der Waals surface area contributed by atoms with E-state index in [-0.39, 0.29) is 6.61 Å². The molecule has 0 fully saturated rings. The number of benzene rings is 1. The summed E-state index contributed by atoms with van der Waals surface area (Å²) < 4.78 is 2.02. The van der Waals surface area contributed by atoms with Gasteiger partial charge in [0, 0.05) is 32.2 Å². The van der Waals surface area contributed by atoms with Crippen molar-refractivity contribution in [2.45, 2.75) is 19.3 Å². The molecule has 0 amide bonds. The maximum atomic E-state index is 10.9. The van der Waals surface area contributed by atoms with Gasteiger partial charge < -0.3 is 10.1 Å². The molecule has 1 heterocycles. The van der Waals surface area contributed by atoms with Crippen LogP contribution in [0.3, 0.4) is 0 Å². The molecule has 1 aromatic heterocycles. The number of hydrogen-bond donors (Lipinski definition) is 1. The lowest BCUT2D eigenvalue weighted by molar-refractivity contribution is 0.284. The van der Waals surface area contributed by atoms with Gasteiger partial charge in [0.05, 0.1) is 11.2 Å². The third-order valence-electron chi connectivity index (χ3n) is 3.43. The van der Waals surface area contributed by atoms with Crippen molar-refractivity contribution in [2.75, 3.05) is 25.7 Å². The second-order valence-electron chi connectivity index (χ2n) is 4.98. The Balaban J connectivity index is 2.62. The van der Waals surface area contributed by atoms with Gasteiger partial charge in [0.2, 0.25) is 0 Å². The lowest BCUT2D eigenvalue weighted by Gasteiger charge is -2.18. The lowest BCUT2D eigenvalue weighted by Crippen LogP contribution is -2.25. The Hall–Kier alpha value is -2.03. The molecule has 0 radical (unpaired) electrons. The fourth-order valence-electron chi connectivity index (χ4n) is 2.62. The van der Waals surface area contributed by atoms with Gasteiger partial charge in [-0.05, 0) is 30.9 Å². The molecule has 2 aromatic rings. The number of aliphatic hydroxyl groups excluding tert-OH is 1. The van der Waals surface area contributed by atoms with Crippen LogP contribution in [0.25, 0.3) is 17.0 Å². The number of aliphatic hydroxyl groups is 1. The van der Waals surface area contributed by atoms with Crippen molar-refractivity contribution in [3.05, 3.63) is 35.5 Å². The first-order chi connectivity index (χ1) is 9.70. The highest BCUT2D eigenvalue weighted by molar-refractivity contribution is 5.91. The van der Waals surface area contributed by atoms with E-state index in [0.29, 0.717) is 0 Å². The number of hydrogen-bond acceptors (Lipinski definition) is 3. The van der Waals surface area contributed by atoms with Crippen molar-refractivity contribution < 1.29 is 9.90 Å². The molecule has 4 nitrogen and oxygen atoms in total. The first-order valence-electron chi connectivity index (χ1n) is 6.82. The molecule has 0 bridgehead atoms. The van der Waals surface area contributed by atoms with E-state index < -0.39 is 0 Å². The van der Waals surface area contributed by atoms with Gasteiger partial charge >= 0.3 is 0 Å². The van der Waals surface area contributed by atoms with Gasteiger partial charge in [0.15, 0.2) is 0 Å². The van der Waals surface area contributed by atoms with Gasteiger partial charge in [-0.3, -0.25) is 4.68 Å². The van der Waals surface area contributed by atoms with Crippen molar-refractivity contribution in [1.29, 1.82) is 0 Å². The van der Waals surface area contributed by atoms with Gasteiger partial charge in [0.1, 0.15) is 5.94 Å². The Bertz CT molecular complexity index is 637. The summed E-state index contributed by atoms with van der Waals surface area (Å²) in [5, 5.41) is 12.1. The predicted octanol–water partition coefficient (Wildman–Crippen LogP) is 2.00. The second kappa shape index (κ2) is 6.42. The number of nitrogens with zero attached hydrogens (tertiary/aromatic N) is 2. The van der Waals surface area contributed by atoms with E-state index in [1.165, 1.54) is 6.08 Å². The van der Waals surface area contributed by atoms with Crippen LogP contribution in [0.5, 0.6) is 0 Å². The van der Waals surface area contributed by atoms with Crippen LogP contribution < -0.4 is 5.01 Å². The minimum Gasteiger partial charge on any atom is -0.396 e. The molecule has 1 N–H and O–H groups in total.